The van der Waals surface area contributed by atoms with Crippen LogP contribution >= 0.6 is 11.6 Å². The van der Waals surface area contributed by atoms with E-state index in [-0.39, 0.29) is 0 Å². The molecular weight excluding hydrogens is 242 g/mol. The van der Waals surface area contributed by atoms with Crippen LogP contribution in [0.2, 0.25) is 5.02 Å². The SMILES string of the molecule is CCNCC(Cc1ccc(Cl)cc1)CC(C)CC. The summed E-state index contributed by atoms with van der Waals surface area (Å²) in [6, 6.07) is 8.28. The van der Waals surface area contributed by atoms with Crippen LogP contribution in [0.3, 0.4) is 0 Å². The highest BCUT2D eigenvalue weighted by Crippen LogP contribution is 2.20. The van der Waals surface area contributed by atoms with Crippen molar-refractivity contribution in [3.63, 3.8) is 0 Å². The van der Waals surface area contributed by atoms with Gasteiger partial charge in [-0.25, -0.2) is 0 Å². The average Bonchev–Trinajstić information content (AvgIpc) is 2.38. The van der Waals surface area contributed by atoms with E-state index in [0.717, 1.165) is 36.4 Å². The molecule has 0 aliphatic carbocycles. The van der Waals surface area contributed by atoms with Gasteiger partial charge in [-0.05, 0) is 55.5 Å². The zero-order chi connectivity index (χ0) is 13.4. The van der Waals surface area contributed by atoms with Crippen LogP contribution in [0.5, 0.6) is 0 Å². The molecule has 1 N–H and O–H groups in total. The highest BCUT2D eigenvalue weighted by Gasteiger charge is 2.12. The van der Waals surface area contributed by atoms with E-state index >= 15 is 0 Å². The zero-order valence-corrected chi connectivity index (χ0v) is 12.6. The van der Waals surface area contributed by atoms with Crippen LogP contribution in [0.25, 0.3) is 0 Å². The molecule has 1 aromatic carbocycles. The summed E-state index contributed by atoms with van der Waals surface area (Å²) in [4.78, 5) is 0. The molecule has 0 aromatic heterocycles. The van der Waals surface area contributed by atoms with Gasteiger partial charge >= 0.3 is 0 Å². The molecule has 2 atom stereocenters. The van der Waals surface area contributed by atoms with Crippen LogP contribution in [0.15, 0.2) is 24.3 Å². The maximum atomic E-state index is 5.93. The first-order valence-corrected chi connectivity index (χ1v) is 7.48. The fourth-order valence-corrected chi connectivity index (χ4v) is 2.40. The van der Waals surface area contributed by atoms with Crippen molar-refractivity contribution in [2.75, 3.05) is 13.1 Å². The summed E-state index contributed by atoms with van der Waals surface area (Å²) in [6.45, 7) is 8.96. The van der Waals surface area contributed by atoms with Gasteiger partial charge in [-0.3, -0.25) is 0 Å². The third-order valence-corrected chi connectivity index (χ3v) is 3.81. The van der Waals surface area contributed by atoms with Gasteiger partial charge in [0, 0.05) is 5.02 Å². The van der Waals surface area contributed by atoms with Crippen molar-refractivity contribution in [3.8, 4) is 0 Å². The molecule has 0 saturated carbocycles. The summed E-state index contributed by atoms with van der Waals surface area (Å²) in [5, 5.41) is 4.31. The van der Waals surface area contributed by atoms with Crippen molar-refractivity contribution in [3.05, 3.63) is 34.9 Å². The van der Waals surface area contributed by atoms with Crippen LogP contribution < -0.4 is 5.32 Å². The minimum atomic E-state index is 0.723. The van der Waals surface area contributed by atoms with Crippen molar-refractivity contribution in [1.29, 1.82) is 0 Å². The second-order valence-corrected chi connectivity index (χ2v) is 5.69. The summed E-state index contributed by atoms with van der Waals surface area (Å²) in [6.07, 6.45) is 3.71. The Morgan fingerprint density at radius 1 is 1.17 bits per heavy atom. The van der Waals surface area contributed by atoms with Crippen LogP contribution in [-0.4, -0.2) is 13.1 Å². The molecule has 0 amide bonds. The smallest absolute Gasteiger partial charge is 0.0406 e. The van der Waals surface area contributed by atoms with Crippen LogP contribution in [-0.2, 0) is 6.42 Å². The highest BCUT2D eigenvalue weighted by molar-refractivity contribution is 6.30. The Kier molecular flexibility index (Phi) is 7.38. The molecule has 1 nitrogen and oxygen atoms in total. The van der Waals surface area contributed by atoms with Gasteiger partial charge in [0.15, 0.2) is 0 Å². The van der Waals surface area contributed by atoms with E-state index in [1.165, 1.54) is 18.4 Å². The topological polar surface area (TPSA) is 12.0 Å². The van der Waals surface area contributed by atoms with Crippen LogP contribution in [0.4, 0.5) is 0 Å². The minimum absolute atomic E-state index is 0.723. The lowest BCUT2D eigenvalue weighted by Crippen LogP contribution is -2.25. The standard InChI is InChI=1S/C16H26ClN/c1-4-13(3)10-15(12-18-5-2)11-14-6-8-16(17)9-7-14/h6-9,13,15,18H,4-5,10-12H2,1-3H3. The Morgan fingerprint density at radius 2 is 1.83 bits per heavy atom. The van der Waals surface area contributed by atoms with Crippen LogP contribution in [0.1, 0.15) is 39.2 Å². The van der Waals surface area contributed by atoms with E-state index in [9.17, 15) is 0 Å². The molecule has 0 spiro atoms. The first-order valence-electron chi connectivity index (χ1n) is 7.10. The van der Waals surface area contributed by atoms with E-state index in [1.54, 1.807) is 0 Å². The quantitative estimate of drug-likeness (QED) is 0.729. The Morgan fingerprint density at radius 3 is 2.39 bits per heavy atom. The molecule has 0 aliphatic heterocycles. The van der Waals surface area contributed by atoms with Gasteiger partial charge in [-0.15, -0.1) is 0 Å². The van der Waals surface area contributed by atoms with E-state index in [0.29, 0.717) is 0 Å². The molecule has 18 heavy (non-hydrogen) atoms. The van der Waals surface area contributed by atoms with Crippen molar-refractivity contribution in [2.24, 2.45) is 11.8 Å². The van der Waals surface area contributed by atoms with Crippen molar-refractivity contribution in [2.45, 2.75) is 40.0 Å². The second-order valence-electron chi connectivity index (χ2n) is 5.25. The molecular formula is C16H26ClN. The normalized spacial score (nSPS) is 14.4. The van der Waals surface area contributed by atoms with Gasteiger partial charge in [0.1, 0.15) is 0 Å². The summed E-state index contributed by atoms with van der Waals surface area (Å²) >= 11 is 5.93. The number of hydrogen-bond acceptors (Lipinski definition) is 1. The second kappa shape index (κ2) is 8.55. The van der Waals surface area contributed by atoms with Gasteiger partial charge in [0.25, 0.3) is 0 Å². The third kappa shape index (κ3) is 5.88. The van der Waals surface area contributed by atoms with Gasteiger partial charge in [0.2, 0.25) is 0 Å². The molecule has 1 rings (SSSR count). The van der Waals surface area contributed by atoms with E-state index in [2.05, 4.69) is 38.2 Å². The lowest BCUT2D eigenvalue weighted by molar-refractivity contribution is 0.365. The predicted molar refractivity (Wildman–Crippen MR) is 81.3 cm³/mol. The zero-order valence-electron chi connectivity index (χ0n) is 11.9. The van der Waals surface area contributed by atoms with Crippen molar-refractivity contribution >= 4 is 11.6 Å². The molecule has 0 heterocycles. The third-order valence-electron chi connectivity index (χ3n) is 3.55. The van der Waals surface area contributed by atoms with Crippen molar-refractivity contribution < 1.29 is 0 Å². The minimum Gasteiger partial charge on any atom is -0.317 e. The van der Waals surface area contributed by atoms with Gasteiger partial charge in [-0.2, -0.15) is 0 Å². The van der Waals surface area contributed by atoms with Crippen molar-refractivity contribution in [1.82, 2.24) is 5.32 Å². The lowest BCUT2D eigenvalue weighted by Gasteiger charge is -2.20. The lowest BCUT2D eigenvalue weighted by atomic mass is 9.89. The molecule has 0 fully saturated rings. The monoisotopic (exact) mass is 267 g/mol. The Hall–Kier alpha value is -0.530. The molecule has 0 saturated heterocycles. The maximum absolute atomic E-state index is 5.93. The number of benzene rings is 1. The van der Waals surface area contributed by atoms with E-state index < -0.39 is 0 Å². The number of hydrogen-bond donors (Lipinski definition) is 1. The largest absolute Gasteiger partial charge is 0.317 e. The summed E-state index contributed by atoms with van der Waals surface area (Å²) in [5.74, 6) is 1.53. The molecule has 102 valence electrons. The Balaban J connectivity index is 2.56. The first-order chi connectivity index (χ1) is 8.65. The highest BCUT2D eigenvalue weighted by atomic mass is 35.5. The first kappa shape index (κ1) is 15.5. The van der Waals surface area contributed by atoms with Crippen LogP contribution in [0, 0.1) is 11.8 Å². The van der Waals surface area contributed by atoms with Gasteiger partial charge in [0.05, 0.1) is 0 Å². The summed E-state index contributed by atoms with van der Waals surface area (Å²) in [5.41, 5.74) is 1.39. The molecule has 0 radical (unpaired) electrons. The number of rotatable bonds is 8. The van der Waals surface area contributed by atoms with E-state index in [4.69, 9.17) is 11.6 Å². The fraction of sp³-hybridized carbons (Fsp3) is 0.625. The molecule has 0 bridgehead atoms. The predicted octanol–water partition coefficient (Wildman–Crippen LogP) is 4.54. The Bertz CT molecular complexity index is 320. The molecule has 2 heteroatoms. The average molecular weight is 268 g/mol. The Labute approximate surface area is 117 Å². The fourth-order valence-electron chi connectivity index (χ4n) is 2.28. The van der Waals surface area contributed by atoms with Gasteiger partial charge in [-0.1, -0.05) is 50.9 Å². The molecule has 0 aliphatic rings. The summed E-state index contributed by atoms with van der Waals surface area (Å²) in [7, 11) is 0. The molecule has 1 aromatic rings. The number of nitrogens with one attached hydrogen (secondary N) is 1. The number of halogens is 1. The molecule has 2 unspecified atom stereocenters. The van der Waals surface area contributed by atoms with Gasteiger partial charge < -0.3 is 5.32 Å². The van der Waals surface area contributed by atoms with E-state index in [1.807, 2.05) is 12.1 Å². The summed E-state index contributed by atoms with van der Waals surface area (Å²) < 4.78 is 0. The maximum Gasteiger partial charge on any atom is 0.0406 e.